The monoisotopic (exact) mass is 288 g/mol. The molecule has 0 spiro atoms. The van der Waals surface area contributed by atoms with Gasteiger partial charge in [0.15, 0.2) is 0 Å². The molecule has 0 atom stereocenters. The summed E-state index contributed by atoms with van der Waals surface area (Å²) < 4.78 is 0. The van der Waals surface area contributed by atoms with Gasteiger partial charge in [-0.15, -0.1) is 0 Å². The normalized spacial score (nSPS) is 9.71. The molecular formula is C17H24N2O2. The SMILES string of the molecule is C=C(CCCCCC(N)=O)C(=C)C(=C)C(=C)C(=C)C(N)=O. The highest BCUT2D eigenvalue weighted by Crippen LogP contribution is 2.27. The summed E-state index contributed by atoms with van der Waals surface area (Å²) in [7, 11) is 0. The van der Waals surface area contributed by atoms with Crippen molar-refractivity contribution in [1.29, 1.82) is 0 Å². The van der Waals surface area contributed by atoms with Gasteiger partial charge in [0.1, 0.15) is 0 Å². The van der Waals surface area contributed by atoms with Gasteiger partial charge in [-0.3, -0.25) is 9.59 Å². The molecule has 4 N–H and O–H groups in total. The van der Waals surface area contributed by atoms with E-state index in [0.29, 0.717) is 23.1 Å². The Labute approximate surface area is 126 Å². The summed E-state index contributed by atoms with van der Waals surface area (Å²) in [6.45, 7) is 19.1. The van der Waals surface area contributed by atoms with Crippen LogP contribution in [0.4, 0.5) is 0 Å². The van der Waals surface area contributed by atoms with Crippen LogP contribution < -0.4 is 11.5 Å². The molecule has 0 bridgehead atoms. The Kier molecular flexibility index (Phi) is 7.76. The molecule has 0 aromatic carbocycles. The topological polar surface area (TPSA) is 86.2 Å². The van der Waals surface area contributed by atoms with Crippen molar-refractivity contribution in [2.45, 2.75) is 32.1 Å². The van der Waals surface area contributed by atoms with Gasteiger partial charge in [0.2, 0.25) is 11.8 Å². The fourth-order valence-electron chi connectivity index (χ4n) is 1.69. The lowest BCUT2D eigenvalue weighted by molar-refractivity contribution is -0.118. The molecule has 0 aliphatic carbocycles. The lowest BCUT2D eigenvalue weighted by Crippen LogP contribution is -2.15. The van der Waals surface area contributed by atoms with Crippen molar-refractivity contribution >= 4 is 11.8 Å². The molecule has 0 unspecified atom stereocenters. The number of nitrogens with two attached hydrogens (primary N) is 2. The van der Waals surface area contributed by atoms with E-state index in [1.54, 1.807) is 0 Å². The van der Waals surface area contributed by atoms with Gasteiger partial charge in [0.05, 0.1) is 0 Å². The first-order valence-electron chi connectivity index (χ1n) is 6.71. The van der Waals surface area contributed by atoms with Gasteiger partial charge >= 0.3 is 0 Å². The highest BCUT2D eigenvalue weighted by molar-refractivity contribution is 5.97. The van der Waals surface area contributed by atoms with Gasteiger partial charge < -0.3 is 11.5 Å². The molecule has 2 amide bonds. The first-order chi connectivity index (χ1) is 9.68. The van der Waals surface area contributed by atoms with Gasteiger partial charge in [-0.1, -0.05) is 39.3 Å². The minimum Gasteiger partial charge on any atom is -0.370 e. The average Bonchev–Trinajstić information content (AvgIpc) is 2.42. The summed E-state index contributed by atoms with van der Waals surface area (Å²) in [5.74, 6) is -0.918. The molecule has 0 fully saturated rings. The van der Waals surface area contributed by atoms with Crippen molar-refractivity contribution in [2.24, 2.45) is 11.5 Å². The number of hydrogen-bond donors (Lipinski definition) is 2. The van der Waals surface area contributed by atoms with Crippen molar-refractivity contribution in [3.05, 3.63) is 60.8 Å². The fraction of sp³-hybridized carbons (Fsp3) is 0.294. The van der Waals surface area contributed by atoms with Gasteiger partial charge in [-0.05, 0) is 41.6 Å². The summed E-state index contributed by atoms with van der Waals surface area (Å²) in [6.07, 6.45) is 3.65. The van der Waals surface area contributed by atoms with Crippen LogP contribution in [-0.4, -0.2) is 11.8 Å². The van der Waals surface area contributed by atoms with Gasteiger partial charge in [-0.25, -0.2) is 0 Å². The molecule has 0 radical (unpaired) electrons. The summed E-state index contributed by atoms with van der Waals surface area (Å²) >= 11 is 0. The Balaban J connectivity index is 4.32. The number of primary amides is 2. The Morgan fingerprint density at radius 2 is 1.14 bits per heavy atom. The molecule has 0 aliphatic rings. The average molecular weight is 288 g/mol. The maximum absolute atomic E-state index is 11.1. The Morgan fingerprint density at radius 3 is 1.62 bits per heavy atom. The van der Waals surface area contributed by atoms with Crippen molar-refractivity contribution in [1.82, 2.24) is 0 Å². The van der Waals surface area contributed by atoms with E-state index in [9.17, 15) is 9.59 Å². The second-order valence-electron chi connectivity index (χ2n) is 4.91. The van der Waals surface area contributed by atoms with Crippen LogP contribution in [0.15, 0.2) is 60.8 Å². The van der Waals surface area contributed by atoms with E-state index in [2.05, 4.69) is 32.9 Å². The zero-order valence-electron chi connectivity index (χ0n) is 12.5. The van der Waals surface area contributed by atoms with E-state index in [4.69, 9.17) is 11.5 Å². The predicted molar refractivity (Wildman–Crippen MR) is 87.2 cm³/mol. The van der Waals surface area contributed by atoms with Gasteiger partial charge in [0.25, 0.3) is 0 Å². The number of rotatable bonds is 11. The summed E-state index contributed by atoms with van der Waals surface area (Å²) in [5.41, 5.74) is 12.7. The van der Waals surface area contributed by atoms with E-state index < -0.39 is 5.91 Å². The molecule has 0 aromatic heterocycles. The number of amides is 2. The van der Waals surface area contributed by atoms with Crippen LogP contribution in [-0.2, 0) is 9.59 Å². The quantitative estimate of drug-likeness (QED) is 0.348. The van der Waals surface area contributed by atoms with Crippen molar-refractivity contribution in [2.75, 3.05) is 0 Å². The van der Waals surface area contributed by atoms with Gasteiger partial charge in [-0.2, -0.15) is 0 Å². The predicted octanol–water partition coefficient (Wildman–Crippen LogP) is 2.69. The number of unbranched alkanes of at least 4 members (excludes halogenated alkanes) is 2. The van der Waals surface area contributed by atoms with Crippen LogP contribution >= 0.6 is 0 Å². The van der Waals surface area contributed by atoms with Crippen LogP contribution in [0, 0.1) is 0 Å². The Morgan fingerprint density at radius 1 is 0.667 bits per heavy atom. The Hall–Kier alpha value is -2.36. The number of allylic oxidation sites excluding steroid dienone is 3. The number of carbonyl (C=O) groups is 2. The first kappa shape index (κ1) is 18.6. The second kappa shape index (κ2) is 8.74. The molecule has 0 aliphatic heterocycles. The molecule has 0 saturated heterocycles. The lowest BCUT2D eigenvalue weighted by Gasteiger charge is -2.15. The largest absolute Gasteiger partial charge is 0.370 e. The molecule has 4 heteroatoms. The standard InChI is InChI=1S/C17H24N2O2/c1-11(9-7-6-8-10-16(18)20)12(2)13(3)14(4)15(5)17(19)21/h1-10H2,(H2,18,20)(H2,19,21). The molecule has 0 heterocycles. The van der Waals surface area contributed by atoms with Crippen LogP contribution in [0.2, 0.25) is 0 Å². The van der Waals surface area contributed by atoms with Crippen LogP contribution in [0.5, 0.6) is 0 Å². The smallest absolute Gasteiger partial charge is 0.248 e. The number of hydrogen-bond acceptors (Lipinski definition) is 2. The summed E-state index contributed by atoms with van der Waals surface area (Å²) in [4.78, 5) is 21.7. The first-order valence-corrected chi connectivity index (χ1v) is 6.71. The summed E-state index contributed by atoms with van der Waals surface area (Å²) in [6, 6.07) is 0. The minimum atomic E-state index is -0.633. The molecule has 4 nitrogen and oxygen atoms in total. The maximum atomic E-state index is 11.1. The third-order valence-electron chi connectivity index (χ3n) is 3.22. The third-order valence-corrected chi connectivity index (χ3v) is 3.22. The molecule has 21 heavy (non-hydrogen) atoms. The molecular weight excluding hydrogens is 264 g/mol. The Bertz CT molecular complexity index is 513. The van der Waals surface area contributed by atoms with Gasteiger partial charge in [0, 0.05) is 12.0 Å². The molecule has 114 valence electrons. The maximum Gasteiger partial charge on any atom is 0.248 e. The lowest BCUT2D eigenvalue weighted by atomic mass is 9.90. The van der Waals surface area contributed by atoms with E-state index in [0.717, 1.165) is 31.3 Å². The summed E-state index contributed by atoms with van der Waals surface area (Å²) in [5, 5.41) is 0. The molecule has 0 aromatic rings. The van der Waals surface area contributed by atoms with Crippen LogP contribution in [0.1, 0.15) is 32.1 Å². The van der Waals surface area contributed by atoms with Crippen molar-refractivity contribution < 1.29 is 9.59 Å². The van der Waals surface area contributed by atoms with E-state index in [1.165, 1.54) is 0 Å². The van der Waals surface area contributed by atoms with E-state index >= 15 is 0 Å². The van der Waals surface area contributed by atoms with E-state index in [1.807, 2.05) is 0 Å². The third kappa shape index (κ3) is 6.56. The van der Waals surface area contributed by atoms with Crippen LogP contribution in [0.25, 0.3) is 0 Å². The zero-order chi connectivity index (χ0) is 16.6. The highest BCUT2D eigenvalue weighted by Gasteiger charge is 2.13. The zero-order valence-corrected chi connectivity index (χ0v) is 12.5. The molecule has 0 saturated carbocycles. The fourth-order valence-corrected chi connectivity index (χ4v) is 1.69. The highest BCUT2D eigenvalue weighted by atomic mass is 16.1. The molecule has 0 rings (SSSR count). The van der Waals surface area contributed by atoms with Crippen molar-refractivity contribution in [3.63, 3.8) is 0 Å². The van der Waals surface area contributed by atoms with Crippen LogP contribution in [0.3, 0.4) is 0 Å². The van der Waals surface area contributed by atoms with E-state index in [-0.39, 0.29) is 11.5 Å². The minimum absolute atomic E-state index is 0.121. The van der Waals surface area contributed by atoms with Crippen molar-refractivity contribution in [3.8, 4) is 0 Å². The number of carbonyl (C=O) groups excluding carboxylic acids is 2. The second-order valence-corrected chi connectivity index (χ2v) is 4.91.